The molecule has 0 fully saturated rings. The van der Waals surface area contributed by atoms with Crippen molar-refractivity contribution in [1.82, 2.24) is 5.32 Å². The summed E-state index contributed by atoms with van der Waals surface area (Å²) >= 11 is 1.04. The molecule has 2 rings (SSSR count). The lowest BCUT2D eigenvalue weighted by Gasteiger charge is -2.05. The van der Waals surface area contributed by atoms with Crippen LogP contribution in [0.25, 0.3) is 6.08 Å². The highest BCUT2D eigenvalue weighted by Gasteiger charge is 2.25. The third kappa shape index (κ3) is 4.58. The lowest BCUT2D eigenvalue weighted by Crippen LogP contribution is -2.17. The van der Waals surface area contributed by atoms with Crippen molar-refractivity contribution >= 4 is 40.2 Å². The number of rotatable bonds is 6. The molecule has 0 aliphatic carbocycles. The van der Waals surface area contributed by atoms with Gasteiger partial charge < -0.3 is 15.4 Å². The average Bonchev–Trinajstić information content (AvgIpc) is 2.96. The van der Waals surface area contributed by atoms with Gasteiger partial charge in [0.05, 0.1) is 17.0 Å². The Morgan fingerprint density at radius 1 is 1.19 bits per heavy atom. The molecule has 1 aromatic carbocycles. The molecule has 2 N–H and O–H groups in total. The van der Waals surface area contributed by atoms with E-state index in [4.69, 9.17) is 4.74 Å². The van der Waals surface area contributed by atoms with E-state index in [1.807, 2.05) is 30.3 Å². The van der Waals surface area contributed by atoms with E-state index < -0.39 is 11.9 Å². The molecule has 2 aromatic rings. The van der Waals surface area contributed by atoms with Crippen molar-refractivity contribution in [3.05, 3.63) is 58.0 Å². The van der Waals surface area contributed by atoms with Crippen LogP contribution in [-0.4, -0.2) is 31.4 Å². The Morgan fingerprint density at radius 3 is 2.50 bits per heavy atom. The van der Waals surface area contributed by atoms with Crippen molar-refractivity contribution < 1.29 is 19.1 Å². The van der Waals surface area contributed by atoms with Gasteiger partial charge in [-0.1, -0.05) is 30.3 Å². The molecule has 1 heterocycles. The van der Waals surface area contributed by atoms with Crippen LogP contribution in [0.4, 0.5) is 5.00 Å². The van der Waals surface area contributed by atoms with E-state index in [1.165, 1.54) is 13.1 Å². The zero-order chi connectivity index (χ0) is 19.1. The Bertz CT molecular complexity index is 841. The lowest BCUT2D eigenvalue weighted by molar-refractivity contribution is -0.111. The van der Waals surface area contributed by atoms with E-state index in [-0.39, 0.29) is 18.1 Å². The molecule has 0 aliphatic rings. The van der Waals surface area contributed by atoms with Gasteiger partial charge in [-0.2, -0.15) is 0 Å². The minimum atomic E-state index is -0.571. The Labute approximate surface area is 155 Å². The van der Waals surface area contributed by atoms with Crippen molar-refractivity contribution in [2.45, 2.75) is 13.8 Å². The average molecular weight is 372 g/mol. The summed E-state index contributed by atoms with van der Waals surface area (Å²) in [4.78, 5) is 36.8. The van der Waals surface area contributed by atoms with Crippen molar-refractivity contribution in [3.63, 3.8) is 0 Å². The maximum atomic E-state index is 12.3. The molecule has 0 saturated carbocycles. The SMILES string of the molecule is CCOC(=O)c1c(NC(=O)/C=C/c2ccccc2)sc(C(=O)NC)c1C. The van der Waals surface area contributed by atoms with E-state index in [0.717, 1.165) is 16.9 Å². The Kier molecular flexibility index (Phi) is 6.68. The van der Waals surface area contributed by atoms with Crippen molar-refractivity contribution in [2.75, 3.05) is 19.0 Å². The molecule has 1 aromatic heterocycles. The summed E-state index contributed by atoms with van der Waals surface area (Å²) in [6, 6.07) is 9.36. The van der Waals surface area contributed by atoms with Crippen molar-refractivity contribution in [3.8, 4) is 0 Å². The molecule has 6 nitrogen and oxygen atoms in total. The van der Waals surface area contributed by atoms with Crippen LogP contribution in [0.5, 0.6) is 0 Å². The first-order valence-corrected chi connectivity index (χ1v) is 8.86. The summed E-state index contributed by atoms with van der Waals surface area (Å²) < 4.78 is 5.05. The van der Waals surface area contributed by atoms with E-state index in [0.29, 0.717) is 15.4 Å². The monoisotopic (exact) mass is 372 g/mol. The minimum absolute atomic E-state index is 0.199. The number of carbonyl (C=O) groups excluding carboxylic acids is 3. The van der Waals surface area contributed by atoms with E-state index in [9.17, 15) is 14.4 Å². The molecule has 0 bridgehead atoms. The van der Waals surface area contributed by atoms with Gasteiger partial charge in [0.25, 0.3) is 5.91 Å². The molecule has 7 heteroatoms. The summed E-state index contributed by atoms with van der Waals surface area (Å²) in [6.45, 7) is 3.55. The second-order valence-electron chi connectivity index (χ2n) is 5.29. The second kappa shape index (κ2) is 8.96. The molecule has 0 aliphatic heterocycles. The van der Waals surface area contributed by atoms with Gasteiger partial charge in [-0.15, -0.1) is 11.3 Å². The fraction of sp³-hybridized carbons (Fsp3) is 0.211. The highest BCUT2D eigenvalue weighted by molar-refractivity contribution is 7.18. The van der Waals surface area contributed by atoms with Crippen LogP contribution in [0.3, 0.4) is 0 Å². The van der Waals surface area contributed by atoms with Gasteiger partial charge in [0.2, 0.25) is 5.91 Å². The van der Waals surface area contributed by atoms with Crippen LogP contribution in [-0.2, 0) is 9.53 Å². The third-order valence-electron chi connectivity index (χ3n) is 3.52. The van der Waals surface area contributed by atoms with Crippen LogP contribution >= 0.6 is 11.3 Å². The summed E-state index contributed by atoms with van der Waals surface area (Å²) in [7, 11) is 1.51. The summed E-state index contributed by atoms with van der Waals surface area (Å²) in [5.41, 5.74) is 1.56. The maximum Gasteiger partial charge on any atom is 0.341 e. The number of ether oxygens (including phenoxy) is 1. The van der Waals surface area contributed by atoms with Gasteiger partial charge in [0, 0.05) is 13.1 Å². The van der Waals surface area contributed by atoms with E-state index in [2.05, 4.69) is 10.6 Å². The number of anilines is 1. The highest BCUT2D eigenvalue weighted by atomic mass is 32.1. The molecule has 0 radical (unpaired) electrons. The smallest absolute Gasteiger partial charge is 0.341 e. The molecular formula is C19H20N2O4S. The van der Waals surface area contributed by atoms with Crippen molar-refractivity contribution in [1.29, 1.82) is 0 Å². The van der Waals surface area contributed by atoms with Crippen LogP contribution in [0.15, 0.2) is 36.4 Å². The molecule has 0 unspecified atom stereocenters. The predicted molar refractivity (Wildman–Crippen MR) is 103 cm³/mol. The molecular weight excluding hydrogens is 352 g/mol. The number of thiophene rings is 1. The molecule has 26 heavy (non-hydrogen) atoms. The first-order valence-electron chi connectivity index (χ1n) is 8.04. The van der Waals surface area contributed by atoms with E-state index in [1.54, 1.807) is 19.9 Å². The third-order valence-corrected chi connectivity index (χ3v) is 4.73. The number of carbonyl (C=O) groups is 3. The number of nitrogens with one attached hydrogen (secondary N) is 2. The fourth-order valence-corrected chi connectivity index (χ4v) is 3.41. The number of hydrogen-bond donors (Lipinski definition) is 2. The highest BCUT2D eigenvalue weighted by Crippen LogP contribution is 2.33. The zero-order valence-corrected chi connectivity index (χ0v) is 15.6. The van der Waals surface area contributed by atoms with Crippen LogP contribution in [0.2, 0.25) is 0 Å². The Balaban J connectivity index is 2.29. The van der Waals surface area contributed by atoms with Gasteiger partial charge >= 0.3 is 5.97 Å². The summed E-state index contributed by atoms with van der Waals surface area (Å²) in [5.74, 6) is -1.29. The van der Waals surface area contributed by atoms with Crippen LogP contribution in [0, 0.1) is 6.92 Å². The van der Waals surface area contributed by atoms with Gasteiger partial charge in [0.1, 0.15) is 5.00 Å². The summed E-state index contributed by atoms with van der Waals surface area (Å²) in [6.07, 6.45) is 3.04. The van der Waals surface area contributed by atoms with Gasteiger partial charge in [0.15, 0.2) is 0 Å². The number of amides is 2. The standard InChI is InChI=1S/C19H20N2O4S/c1-4-25-19(24)15-12(2)16(17(23)20-3)26-18(15)21-14(22)11-10-13-8-6-5-7-9-13/h5-11H,4H2,1-3H3,(H,20,23)(H,21,22)/b11-10+. The predicted octanol–water partition coefficient (Wildman–Crippen LogP) is 3.24. The quantitative estimate of drug-likeness (QED) is 0.602. The van der Waals surface area contributed by atoms with Gasteiger partial charge in [-0.25, -0.2) is 4.79 Å². The lowest BCUT2D eigenvalue weighted by atomic mass is 10.1. The Hall–Kier alpha value is -2.93. The van der Waals surface area contributed by atoms with E-state index >= 15 is 0 Å². The Morgan fingerprint density at radius 2 is 1.88 bits per heavy atom. The number of hydrogen-bond acceptors (Lipinski definition) is 5. The number of esters is 1. The summed E-state index contributed by atoms with van der Waals surface area (Å²) in [5, 5.41) is 5.49. The second-order valence-corrected chi connectivity index (χ2v) is 6.31. The zero-order valence-electron chi connectivity index (χ0n) is 14.8. The fourth-order valence-electron chi connectivity index (χ4n) is 2.27. The molecule has 0 atom stereocenters. The van der Waals surface area contributed by atoms with Crippen LogP contribution < -0.4 is 10.6 Å². The first-order chi connectivity index (χ1) is 12.5. The largest absolute Gasteiger partial charge is 0.462 e. The van der Waals surface area contributed by atoms with Crippen molar-refractivity contribution in [2.24, 2.45) is 0 Å². The molecule has 0 saturated heterocycles. The topological polar surface area (TPSA) is 84.5 Å². The minimum Gasteiger partial charge on any atom is -0.462 e. The molecule has 2 amide bonds. The van der Waals surface area contributed by atoms with Gasteiger partial charge in [-0.05, 0) is 31.1 Å². The molecule has 0 spiro atoms. The number of benzene rings is 1. The maximum absolute atomic E-state index is 12.3. The first kappa shape index (κ1) is 19.4. The van der Waals surface area contributed by atoms with Gasteiger partial charge in [-0.3, -0.25) is 9.59 Å². The van der Waals surface area contributed by atoms with Crippen LogP contribution in [0.1, 0.15) is 38.1 Å². The molecule has 136 valence electrons. The normalized spacial score (nSPS) is 10.6.